The van der Waals surface area contributed by atoms with Crippen molar-refractivity contribution in [1.82, 2.24) is 0 Å². The third-order valence-corrected chi connectivity index (χ3v) is 3.53. The van der Waals surface area contributed by atoms with Gasteiger partial charge < -0.3 is 10.1 Å². The molecular formula is C18H20ClNO2. The predicted molar refractivity (Wildman–Crippen MR) is 91.0 cm³/mol. The number of nitrogens with one attached hydrogen (secondary N) is 1. The van der Waals surface area contributed by atoms with E-state index >= 15 is 0 Å². The number of benzene rings is 2. The molecule has 0 aliphatic rings. The SMILES string of the molecule is CCCOc1ccc(Cl)cc1C(=O)Nc1ccccc1CC. The number of ether oxygens (including phenoxy) is 1. The van der Waals surface area contributed by atoms with Crippen LogP contribution < -0.4 is 10.1 Å². The molecule has 3 nitrogen and oxygen atoms in total. The Labute approximate surface area is 136 Å². The molecule has 2 aromatic rings. The van der Waals surface area contributed by atoms with E-state index in [1.165, 1.54) is 0 Å². The molecule has 0 aromatic heterocycles. The Kier molecular flexibility index (Phi) is 5.84. The number of hydrogen-bond donors (Lipinski definition) is 1. The normalized spacial score (nSPS) is 10.3. The first-order valence-electron chi connectivity index (χ1n) is 7.47. The summed E-state index contributed by atoms with van der Waals surface area (Å²) in [5.74, 6) is 0.340. The van der Waals surface area contributed by atoms with Crippen molar-refractivity contribution in [2.45, 2.75) is 26.7 Å². The van der Waals surface area contributed by atoms with E-state index in [-0.39, 0.29) is 5.91 Å². The Hall–Kier alpha value is -2.00. The van der Waals surface area contributed by atoms with Gasteiger partial charge in [0.15, 0.2) is 0 Å². The van der Waals surface area contributed by atoms with Crippen molar-refractivity contribution in [2.75, 3.05) is 11.9 Å². The lowest BCUT2D eigenvalue weighted by molar-refractivity contribution is 0.102. The van der Waals surface area contributed by atoms with Gasteiger partial charge >= 0.3 is 0 Å². The Balaban J connectivity index is 2.26. The lowest BCUT2D eigenvalue weighted by Gasteiger charge is -2.13. The minimum Gasteiger partial charge on any atom is -0.493 e. The number of anilines is 1. The first-order valence-corrected chi connectivity index (χ1v) is 7.85. The summed E-state index contributed by atoms with van der Waals surface area (Å²) in [6.45, 7) is 4.64. The fourth-order valence-corrected chi connectivity index (χ4v) is 2.33. The van der Waals surface area contributed by atoms with Gasteiger partial charge in [0.05, 0.1) is 12.2 Å². The lowest BCUT2D eigenvalue weighted by atomic mass is 10.1. The second-order valence-electron chi connectivity index (χ2n) is 4.95. The topological polar surface area (TPSA) is 38.3 Å². The van der Waals surface area contributed by atoms with Gasteiger partial charge in [-0.15, -0.1) is 0 Å². The van der Waals surface area contributed by atoms with Crippen LogP contribution in [0.3, 0.4) is 0 Å². The van der Waals surface area contributed by atoms with E-state index in [2.05, 4.69) is 12.2 Å². The van der Waals surface area contributed by atoms with Crippen molar-refractivity contribution >= 4 is 23.2 Å². The highest BCUT2D eigenvalue weighted by atomic mass is 35.5. The first kappa shape index (κ1) is 16.4. The Morgan fingerprint density at radius 1 is 1.18 bits per heavy atom. The van der Waals surface area contributed by atoms with E-state index in [1.807, 2.05) is 31.2 Å². The maximum Gasteiger partial charge on any atom is 0.259 e. The van der Waals surface area contributed by atoms with E-state index in [9.17, 15) is 4.79 Å². The third kappa shape index (κ3) is 4.01. The van der Waals surface area contributed by atoms with Gasteiger partial charge in [-0.3, -0.25) is 4.79 Å². The summed E-state index contributed by atoms with van der Waals surface area (Å²) in [4.78, 5) is 12.6. The zero-order valence-corrected chi connectivity index (χ0v) is 13.6. The molecule has 4 heteroatoms. The number of rotatable bonds is 6. The van der Waals surface area contributed by atoms with Gasteiger partial charge in [-0.25, -0.2) is 0 Å². The van der Waals surface area contributed by atoms with Gasteiger partial charge in [-0.2, -0.15) is 0 Å². The maximum atomic E-state index is 12.6. The summed E-state index contributed by atoms with van der Waals surface area (Å²) in [7, 11) is 0. The van der Waals surface area contributed by atoms with Crippen LogP contribution in [0.4, 0.5) is 5.69 Å². The number of halogens is 1. The van der Waals surface area contributed by atoms with Crippen LogP contribution in [0.5, 0.6) is 5.75 Å². The standard InChI is InChI=1S/C18H20ClNO2/c1-3-11-22-17-10-9-14(19)12-15(17)18(21)20-16-8-6-5-7-13(16)4-2/h5-10,12H,3-4,11H2,1-2H3,(H,20,21). The highest BCUT2D eigenvalue weighted by Crippen LogP contribution is 2.25. The molecule has 0 radical (unpaired) electrons. The molecule has 116 valence electrons. The summed E-state index contributed by atoms with van der Waals surface area (Å²) >= 11 is 6.02. The van der Waals surface area contributed by atoms with Crippen molar-refractivity contribution < 1.29 is 9.53 Å². The molecule has 22 heavy (non-hydrogen) atoms. The van der Waals surface area contributed by atoms with Gasteiger partial charge in [0.1, 0.15) is 5.75 Å². The van der Waals surface area contributed by atoms with Crippen LogP contribution in [-0.2, 0) is 6.42 Å². The first-order chi connectivity index (χ1) is 10.7. The molecule has 0 bridgehead atoms. The van der Waals surface area contributed by atoms with E-state index in [4.69, 9.17) is 16.3 Å². The van der Waals surface area contributed by atoms with E-state index in [1.54, 1.807) is 18.2 Å². The van der Waals surface area contributed by atoms with E-state index in [0.29, 0.717) is 22.9 Å². The molecule has 1 N–H and O–H groups in total. The Morgan fingerprint density at radius 3 is 2.68 bits per heavy atom. The monoisotopic (exact) mass is 317 g/mol. The summed E-state index contributed by atoms with van der Waals surface area (Å²) in [6, 6.07) is 12.9. The van der Waals surface area contributed by atoms with Gasteiger partial charge in [0.2, 0.25) is 0 Å². The maximum absolute atomic E-state index is 12.6. The molecule has 2 aromatic carbocycles. The van der Waals surface area contributed by atoms with E-state index in [0.717, 1.165) is 24.1 Å². The minimum absolute atomic E-state index is 0.213. The van der Waals surface area contributed by atoms with Crippen molar-refractivity contribution in [1.29, 1.82) is 0 Å². The average Bonchev–Trinajstić information content (AvgIpc) is 2.54. The fourth-order valence-electron chi connectivity index (χ4n) is 2.16. The fraction of sp³-hybridized carbons (Fsp3) is 0.278. The molecule has 0 spiro atoms. The second kappa shape index (κ2) is 7.85. The molecule has 0 aliphatic carbocycles. The van der Waals surface area contributed by atoms with Crippen LogP contribution >= 0.6 is 11.6 Å². The highest BCUT2D eigenvalue weighted by Gasteiger charge is 2.14. The summed E-state index contributed by atoms with van der Waals surface area (Å²) in [6.07, 6.45) is 1.73. The van der Waals surface area contributed by atoms with Crippen molar-refractivity contribution in [3.63, 3.8) is 0 Å². The number of para-hydroxylation sites is 1. The Bertz CT molecular complexity index is 655. The van der Waals surface area contributed by atoms with Crippen molar-refractivity contribution in [3.8, 4) is 5.75 Å². The van der Waals surface area contributed by atoms with E-state index < -0.39 is 0 Å². The zero-order valence-electron chi connectivity index (χ0n) is 12.9. The smallest absolute Gasteiger partial charge is 0.259 e. The van der Waals surface area contributed by atoms with Gasteiger partial charge in [-0.1, -0.05) is 43.6 Å². The highest BCUT2D eigenvalue weighted by molar-refractivity contribution is 6.31. The number of carbonyl (C=O) groups excluding carboxylic acids is 1. The molecule has 0 fully saturated rings. The van der Waals surface area contributed by atoms with Crippen LogP contribution in [0.1, 0.15) is 36.2 Å². The van der Waals surface area contributed by atoms with Gasteiger partial charge in [-0.05, 0) is 42.7 Å². The van der Waals surface area contributed by atoms with Gasteiger partial charge in [0, 0.05) is 10.7 Å². The largest absolute Gasteiger partial charge is 0.493 e. The molecule has 0 saturated heterocycles. The van der Waals surface area contributed by atoms with Crippen LogP contribution in [-0.4, -0.2) is 12.5 Å². The van der Waals surface area contributed by atoms with Crippen molar-refractivity contribution in [2.24, 2.45) is 0 Å². The Morgan fingerprint density at radius 2 is 1.95 bits per heavy atom. The number of amides is 1. The average molecular weight is 318 g/mol. The third-order valence-electron chi connectivity index (χ3n) is 3.29. The minimum atomic E-state index is -0.213. The molecule has 0 atom stereocenters. The molecular weight excluding hydrogens is 298 g/mol. The molecule has 0 heterocycles. The molecule has 0 unspecified atom stereocenters. The zero-order chi connectivity index (χ0) is 15.9. The summed E-state index contributed by atoms with van der Waals surface area (Å²) < 4.78 is 5.64. The molecule has 2 rings (SSSR count). The summed E-state index contributed by atoms with van der Waals surface area (Å²) in [5, 5.41) is 3.46. The lowest BCUT2D eigenvalue weighted by Crippen LogP contribution is -2.15. The predicted octanol–water partition coefficient (Wildman–Crippen LogP) is 4.94. The van der Waals surface area contributed by atoms with Crippen LogP contribution in [0.15, 0.2) is 42.5 Å². The number of aryl methyl sites for hydroxylation is 1. The molecule has 0 saturated carbocycles. The van der Waals surface area contributed by atoms with Gasteiger partial charge in [0.25, 0.3) is 5.91 Å². The number of hydrogen-bond acceptors (Lipinski definition) is 2. The molecule has 0 aliphatic heterocycles. The van der Waals surface area contributed by atoms with Crippen LogP contribution in [0, 0.1) is 0 Å². The second-order valence-corrected chi connectivity index (χ2v) is 5.39. The van der Waals surface area contributed by atoms with Crippen molar-refractivity contribution in [3.05, 3.63) is 58.6 Å². The van der Waals surface area contributed by atoms with Crippen LogP contribution in [0.25, 0.3) is 0 Å². The number of carbonyl (C=O) groups is 1. The quantitative estimate of drug-likeness (QED) is 0.819. The summed E-state index contributed by atoms with van der Waals surface area (Å²) in [5.41, 5.74) is 2.36. The molecule has 1 amide bonds. The van der Waals surface area contributed by atoms with Crippen LogP contribution in [0.2, 0.25) is 5.02 Å².